The van der Waals surface area contributed by atoms with E-state index in [-0.39, 0.29) is 0 Å². The van der Waals surface area contributed by atoms with Gasteiger partial charge in [0.05, 0.1) is 0 Å². The van der Waals surface area contributed by atoms with Gasteiger partial charge in [0, 0.05) is 33.7 Å². The molecule has 0 radical (unpaired) electrons. The second-order valence-corrected chi connectivity index (χ2v) is 6.61. The summed E-state index contributed by atoms with van der Waals surface area (Å²) in [5.74, 6) is 2.52. The largest absolute Gasteiger partial charge is 0.382 e. The molecule has 1 fully saturated rings. The predicted octanol–water partition coefficient (Wildman–Crippen LogP) is 2.73. The number of hydrogen-bond donors (Lipinski definition) is 1. The Hall–Kier alpha value is -0.480. The highest BCUT2D eigenvalue weighted by Crippen LogP contribution is 2.21. The maximum absolute atomic E-state index is 11.2. The maximum Gasteiger partial charge on any atom is 0.0498 e. The highest BCUT2D eigenvalue weighted by atomic mass is 32.2. The lowest BCUT2D eigenvalue weighted by atomic mass is 10.1. The van der Waals surface area contributed by atoms with E-state index >= 15 is 0 Å². The summed E-state index contributed by atoms with van der Waals surface area (Å²) < 4.78 is 11.2. The average molecular weight is 255 g/mol. The lowest BCUT2D eigenvalue weighted by Crippen LogP contribution is -2.24. The fourth-order valence-corrected chi connectivity index (χ4v) is 3.45. The van der Waals surface area contributed by atoms with Crippen LogP contribution in [0.2, 0.25) is 0 Å². The fraction of sp³-hybridized carbons (Fsp3) is 0.500. The van der Waals surface area contributed by atoms with E-state index in [0.717, 1.165) is 10.6 Å². The molecule has 0 aromatic heterocycles. The van der Waals surface area contributed by atoms with Gasteiger partial charge in [-0.2, -0.15) is 11.8 Å². The van der Waals surface area contributed by atoms with Gasteiger partial charge in [0.1, 0.15) is 0 Å². The first-order chi connectivity index (χ1) is 7.75. The molecule has 1 aromatic carbocycles. The summed E-state index contributed by atoms with van der Waals surface area (Å²) in [4.78, 5) is 0.893. The third-order valence-corrected chi connectivity index (χ3v) is 4.76. The number of rotatable bonds is 3. The van der Waals surface area contributed by atoms with Crippen LogP contribution in [0.5, 0.6) is 0 Å². The predicted molar refractivity (Wildman–Crippen MR) is 72.7 cm³/mol. The van der Waals surface area contributed by atoms with Crippen molar-refractivity contribution in [1.82, 2.24) is 0 Å². The molecule has 0 spiro atoms. The molecular weight excluding hydrogens is 238 g/mol. The van der Waals surface area contributed by atoms with E-state index in [4.69, 9.17) is 0 Å². The minimum Gasteiger partial charge on any atom is -0.382 e. The highest BCUT2D eigenvalue weighted by Gasteiger charge is 2.12. The van der Waals surface area contributed by atoms with E-state index < -0.39 is 10.8 Å². The topological polar surface area (TPSA) is 29.1 Å². The quantitative estimate of drug-likeness (QED) is 0.900. The first-order valence-electron chi connectivity index (χ1n) is 5.53. The molecule has 2 rings (SSSR count). The summed E-state index contributed by atoms with van der Waals surface area (Å²) in [5.41, 5.74) is 1.14. The molecule has 0 saturated carbocycles. The molecule has 1 aliphatic rings. The average Bonchev–Trinajstić information content (AvgIpc) is 2.31. The molecule has 1 aromatic rings. The zero-order chi connectivity index (χ0) is 11.4. The zero-order valence-electron chi connectivity index (χ0n) is 9.44. The van der Waals surface area contributed by atoms with Crippen LogP contribution in [0.4, 0.5) is 5.69 Å². The SMILES string of the molecule is CS(=O)c1ccc(NC2CCSCC2)cc1. The van der Waals surface area contributed by atoms with Gasteiger partial charge >= 0.3 is 0 Å². The molecule has 1 unspecified atom stereocenters. The summed E-state index contributed by atoms with van der Waals surface area (Å²) in [6.07, 6.45) is 4.19. The van der Waals surface area contributed by atoms with Gasteiger partial charge in [-0.05, 0) is 48.6 Å². The normalized spacial score (nSPS) is 19.3. The van der Waals surface area contributed by atoms with Crippen molar-refractivity contribution in [3.05, 3.63) is 24.3 Å². The van der Waals surface area contributed by atoms with Crippen LogP contribution >= 0.6 is 11.8 Å². The molecule has 0 amide bonds. The van der Waals surface area contributed by atoms with E-state index in [1.165, 1.54) is 24.3 Å². The van der Waals surface area contributed by atoms with Crippen LogP contribution in [0.15, 0.2) is 29.2 Å². The van der Waals surface area contributed by atoms with Crippen LogP contribution in [0, 0.1) is 0 Å². The monoisotopic (exact) mass is 255 g/mol. The van der Waals surface area contributed by atoms with Gasteiger partial charge in [-0.1, -0.05) is 0 Å². The van der Waals surface area contributed by atoms with Crippen molar-refractivity contribution in [3.8, 4) is 0 Å². The van der Waals surface area contributed by atoms with Gasteiger partial charge < -0.3 is 5.32 Å². The Morgan fingerprint density at radius 3 is 2.44 bits per heavy atom. The van der Waals surface area contributed by atoms with Gasteiger partial charge in [0.2, 0.25) is 0 Å². The molecule has 16 heavy (non-hydrogen) atoms. The molecule has 1 saturated heterocycles. The van der Waals surface area contributed by atoms with Crippen molar-refractivity contribution in [3.63, 3.8) is 0 Å². The Kier molecular flexibility index (Phi) is 4.29. The van der Waals surface area contributed by atoms with Crippen molar-refractivity contribution in [2.45, 2.75) is 23.8 Å². The second-order valence-electron chi connectivity index (χ2n) is 4.01. The van der Waals surface area contributed by atoms with Crippen LogP contribution in [0.1, 0.15) is 12.8 Å². The van der Waals surface area contributed by atoms with Crippen LogP contribution < -0.4 is 5.32 Å². The third kappa shape index (κ3) is 3.25. The van der Waals surface area contributed by atoms with Gasteiger partial charge in [-0.25, -0.2) is 0 Å². The van der Waals surface area contributed by atoms with Gasteiger partial charge in [0.25, 0.3) is 0 Å². The lowest BCUT2D eigenvalue weighted by molar-refractivity contribution is 0.667. The number of thioether (sulfide) groups is 1. The Balaban J connectivity index is 1.96. The number of hydrogen-bond acceptors (Lipinski definition) is 3. The van der Waals surface area contributed by atoms with Crippen LogP contribution in [-0.2, 0) is 10.8 Å². The molecule has 88 valence electrons. The Bertz CT molecular complexity index is 358. The van der Waals surface area contributed by atoms with E-state index in [0.29, 0.717) is 6.04 Å². The Morgan fingerprint density at radius 2 is 1.88 bits per heavy atom. The minimum atomic E-state index is -0.875. The van der Waals surface area contributed by atoms with E-state index in [9.17, 15) is 4.21 Å². The molecular formula is C12H17NOS2. The van der Waals surface area contributed by atoms with Crippen molar-refractivity contribution in [2.75, 3.05) is 23.1 Å². The van der Waals surface area contributed by atoms with E-state index in [2.05, 4.69) is 5.32 Å². The van der Waals surface area contributed by atoms with Gasteiger partial charge in [0.15, 0.2) is 0 Å². The number of nitrogens with one attached hydrogen (secondary N) is 1. The van der Waals surface area contributed by atoms with Crippen molar-refractivity contribution in [1.29, 1.82) is 0 Å². The smallest absolute Gasteiger partial charge is 0.0498 e. The maximum atomic E-state index is 11.2. The summed E-state index contributed by atoms with van der Waals surface area (Å²) in [5, 5.41) is 3.53. The van der Waals surface area contributed by atoms with E-state index in [1.807, 2.05) is 36.0 Å². The first kappa shape index (κ1) is 12.0. The molecule has 0 bridgehead atoms. The fourth-order valence-electron chi connectivity index (χ4n) is 1.82. The molecule has 1 atom stereocenters. The highest BCUT2D eigenvalue weighted by molar-refractivity contribution is 7.99. The summed E-state index contributed by atoms with van der Waals surface area (Å²) >= 11 is 2.04. The van der Waals surface area contributed by atoms with Crippen molar-refractivity contribution < 1.29 is 4.21 Å². The van der Waals surface area contributed by atoms with Gasteiger partial charge in [-0.3, -0.25) is 4.21 Å². The molecule has 4 heteroatoms. The Morgan fingerprint density at radius 1 is 1.25 bits per heavy atom. The molecule has 2 nitrogen and oxygen atoms in total. The lowest BCUT2D eigenvalue weighted by Gasteiger charge is -2.23. The minimum absolute atomic E-state index is 0.610. The standard InChI is InChI=1S/C12H17NOS2/c1-16(14)12-4-2-10(3-5-12)13-11-6-8-15-9-7-11/h2-5,11,13H,6-9H2,1H3. The van der Waals surface area contributed by atoms with Crippen molar-refractivity contribution >= 4 is 28.2 Å². The first-order valence-corrected chi connectivity index (χ1v) is 8.25. The second kappa shape index (κ2) is 5.73. The summed E-state index contributed by atoms with van der Waals surface area (Å²) in [6, 6.07) is 8.54. The van der Waals surface area contributed by atoms with Crippen molar-refractivity contribution in [2.24, 2.45) is 0 Å². The summed E-state index contributed by atoms with van der Waals surface area (Å²) in [6.45, 7) is 0. The third-order valence-electron chi connectivity index (χ3n) is 2.78. The Labute approximate surface area is 104 Å². The zero-order valence-corrected chi connectivity index (χ0v) is 11.1. The van der Waals surface area contributed by atoms with Crippen LogP contribution in [-0.4, -0.2) is 28.0 Å². The molecule has 1 heterocycles. The number of benzene rings is 1. The van der Waals surface area contributed by atoms with E-state index in [1.54, 1.807) is 6.26 Å². The van der Waals surface area contributed by atoms with Crippen LogP contribution in [0.3, 0.4) is 0 Å². The van der Waals surface area contributed by atoms with Gasteiger partial charge in [-0.15, -0.1) is 0 Å². The molecule has 1 N–H and O–H groups in total. The summed E-state index contributed by atoms with van der Waals surface area (Å²) in [7, 11) is -0.875. The number of anilines is 1. The molecule has 0 aliphatic carbocycles. The van der Waals surface area contributed by atoms with Crippen LogP contribution in [0.25, 0.3) is 0 Å². The molecule has 1 aliphatic heterocycles.